The maximum Gasteiger partial charge on any atom is 0.415 e. The van der Waals surface area contributed by atoms with Crippen molar-refractivity contribution in [1.29, 1.82) is 0 Å². The molecule has 7 nitrogen and oxygen atoms in total. The molecule has 1 aliphatic rings. The lowest BCUT2D eigenvalue weighted by molar-refractivity contribution is -0.124. The molecule has 8 heteroatoms. The predicted octanol–water partition coefficient (Wildman–Crippen LogP) is 0.0404. The van der Waals surface area contributed by atoms with Crippen molar-refractivity contribution < 1.29 is 23.8 Å². The molecule has 1 fully saturated rings. The minimum Gasteiger partial charge on any atom is -0.434 e. The molecule has 0 saturated carbocycles. The summed E-state index contributed by atoms with van der Waals surface area (Å²) in [5, 5.41) is 11.3. The minimum atomic E-state index is -1.03. The molecule has 0 unspecified atom stereocenters. The van der Waals surface area contributed by atoms with Crippen LogP contribution in [0.5, 0.6) is 0 Å². The van der Waals surface area contributed by atoms with Crippen LogP contribution in [0.15, 0.2) is 18.2 Å². The van der Waals surface area contributed by atoms with Crippen molar-refractivity contribution >= 4 is 23.4 Å². The third kappa shape index (κ3) is 2.80. The normalized spacial score (nSPS) is 18.0. The fourth-order valence-corrected chi connectivity index (χ4v) is 1.83. The van der Waals surface area contributed by atoms with Gasteiger partial charge in [-0.05, 0) is 18.2 Å². The van der Waals surface area contributed by atoms with E-state index in [1.165, 1.54) is 12.1 Å². The number of carbonyl (C=O) groups excluding carboxylic acids is 2. The summed E-state index contributed by atoms with van der Waals surface area (Å²) in [7, 11) is 0. The lowest BCUT2D eigenvalue weighted by atomic mass is 10.2. The van der Waals surface area contributed by atoms with Gasteiger partial charge in [0.2, 0.25) is 0 Å². The molecule has 20 heavy (non-hydrogen) atoms. The number of benzene rings is 1. The van der Waals surface area contributed by atoms with E-state index in [1.54, 1.807) is 0 Å². The van der Waals surface area contributed by atoms with Gasteiger partial charge in [-0.3, -0.25) is 9.69 Å². The highest BCUT2D eigenvalue weighted by molar-refractivity contribution is 5.95. The van der Waals surface area contributed by atoms with Gasteiger partial charge in [-0.2, -0.15) is 0 Å². The van der Waals surface area contributed by atoms with Crippen LogP contribution in [0.3, 0.4) is 0 Å². The van der Waals surface area contributed by atoms with Gasteiger partial charge < -0.3 is 20.9 Å². The Morgan fingerprint density at radius 3 is 2.90 bits per heavy atom. The van der Waals surface area contributed by atoms with Crippen molar-refractivity contribution in [2.24, 2.45) is 5.73 Å². The minimum absolute atomic E-state index is 0.0446. The molecule has 2 amide bonds. The number of aliphatic hydroxyl groups is 1. The number of nitrogens with one attached hydrogen (secondary N) is 1. The van der Waals surface area contributed by atoms with Crippen molar-refractivity contribution in [3.05, 3.63) is 24.0 Å². The van der Waals surface area contributed by atoms with Gasteiger partial charge in [0, 0.05) is 6.54 Å². The number of aliphatic hydroxyl groups excluding tert-OH is 1. The molecule has 1 atom stereocenters. The summed E-state index contributed by atoms with van der Waals surface area (Å²) in [6.45, 7) is 0.0444. The lowest BCUT2D eigenvalue weighted by Gasteiger charge is -2.14. The number of carbonyl (C=O) groups is 2. The largest absolute Gasteiger partial charge is 0.434 e. The Balaban J connectivity index is 2.15. The quantitative estimate of drug-likeness (QED) is 0.707. The van der Waals surface area contributed by atoms with E-state index in [1.807, 2.05) is 0 Å². The zero-order valence-corrected chi connectivity index (χ0v) is 10.5. The summed E-state index contributed by atoms with van der Waals surface area (Å²) >= 11 is 0. The van der Waals surface area contributed by atoms with E-state index in [2.05, 4.69) is 5.32 Å². The first-order chi connectivity index (χ1) is 9.52. The van der Waals surface area contributed by atoms with Gasteiger partial charge in [-0.1, -0.05) is 0 Å². The number of halogens is 1. The molecule has 1 heterocycles. The van der Waals surface area contributed by atoms with Crippen LogP contribution in [0.2, 0.25) is 0 Å². The second kappa shape index (κ2) is 5.74. The van der Waals surface area contributed by atoms with Crippen molar-refractivity contribution in [1.82, 2.24) is 0 Å². The molecule has 1 aromatic carbocycles. The van der Waals surface area contributed by atoms with E-state index in [0.717, 1.165) is 11.0 Å². The van der Waals surface area contributed by atoms with Gasteiger partial charge in [0.25, 0.3) is 5.91 Å². The molecule has 0 aromatic heterocycles. The summed E-state index contributed by atoms with van der Waals surface area (Å²) in [6.07, 6.45) is -1.78. The van der Waals surface area contributed by atoms with Crippen molar-refractivity contribution in [3.63, 3.8) is 0 Å². The average Bonchev–Trinajstić information content (AvgIpc) is 2.79. The highest BCUT2D eigenvalue weighted by Crippen LogP contribution is 2.25. The Hall–Kier alpha value is -2.35. The first kappa shape index (κ1) is 14.1. The maximum atomic E-state index is 13.8. The topological polar surface area (TPSA) is 105 Å². The number of amides is 2. The van der Waals surface area contributed by atoms with Crippen molar-refractivity contribution in [2.75, 3.05) is 29.9 Å². The van der Waals surface area contributed by atoms with E-state index in [9.17, 15) is 14.0 Å². The standard InChI is InChI=1S/C12H14FN3O4/c13-8-5-7(1-2-9(8)15-3-4-17)16-6-10(11(14)18)20-12(16)19/h1-2,5,10,15,17H,3-4,6H2,(H2,14,18)/t10-/m1/s1. The number of cyclic esters (lactones) is 1. The van der Waals surface area contributed by atoms with Crippen LogP contribution >= 0.6 is 0 Å². The fraction of sp³-hybridized carbons (Fsp3) is 0.333. The number of ether oxygens (including phenoxy) is 1. The average molecular weight is 283 g/mol. The number of primary amides is 1. The molecule has 4 N–H and O–H groups in total. The zero-order valence-electron chi connectivity index (χ0n) is 10.5. The van der Waals surface area contributed by atoms with Crippen molar-refractivity contribution in [3.8, 4) is 0 Å². The third-order valence-corrected chi connectivity index (χ3v) is 2.82. The SMILES string of the molecule is NC(=O)[C@H]1CN(c2ccc(NCCO)c(F)c2)C(=O)O1. The van der Waals surface area contributed by atoms with Gasteiger partial charge in [-0.15, -0.1) is 0 Å². The van der Waals surface area contributed by atoms with Crippen LogP contribution in [-0.4, -0.2) is 42.9 Å². The first-order valence-electron chi connectivity index (χ1n) is 5.94. The second-order valence-corrected chi connectivity index (χ2v) is 4.20. The molecule has 1 saturated heterocycles. The molecule has 0 spiro atoms. The van der Waals surface area contributed by atoms with Crippen LogP contribution < -0.4 is 16.0 Å². The van der Waals surface area contributed by atoms with Gasteiger partial charge in [0.1, 0.15) is 5.82 Å². The Labute approximate surface area is 114 Å². The lowest BCUT2D eigenvalue weighted by Crippen LogP contribution is -2.32. The summed E-state index contributed by atoms with van der Waals surface area (Å²) < 4.78 is 18.6. The van der Waals surface area contributed by atoms with E-state index >= 15 is 0 Å². The smallest absolute Gasteiger partial charge is 0.415 e. The first-order valence-corrected chi connectivity index (χ1v) is 5.94. The molecule has 0 bridgehead atoms. The Bertz CT molecular complexity index is 537. The fourth-order valence-electron chi connectivity index (χ4n) is 1.83. The molecular formula is C12H14FN3O4. The third-order valence-electron chi connectivity index (χ3n) is 2.82. The Morgan fingerprint density at radius 2 is 2.35 bits per heavy atom. The number of nitrogens with two attached hydrogens (primary N) is 1. The Morgan fingerprint density at radius 1 is 1.60 bits per heavy atom. The van der Waals surface area contributed by atoms with E-state index < -0.39 is 23.9 Å². The number of hydrogen-bond acceptors (Lipinski definition) is 5. The number of anilines is 2. The van der Waals surface area contributed by atoms with Gasteiger partial charge >= 0.3 is 6.09 Å². The predicted molar refractivity (Wildman–Crippen MR) is 68.8 cm³/mol. The second-order valence-electron chi connectivity index (χ2n) is 4.20. The highest BCUT2D eigenvalue weighted by Gasteiger charge is 2.35. The van der Waals surface area contributed by atoms with Gasteiger partial charge in [-0.25, -0.2) is 9.18 Å². The van der Waals surface area contributed by atoms with E-state index in [0.29, 0.717) is 0 Å². The van der Waals surface area contributed by atoms with Crippen LogP contribution in [0.4, 0.5) is 20.6 Å². The number of nitrogens with zero attached hydrogens (tertiary/aromatic N) is 1. The summed E-state index contributed by atoms with van der Waals surface area (Å²) in [4.78, 5) is 23.7. The molecule has 1 aromatic rings. The van der Waals surface area contributed by atoms with Crippen molar-refractivity contribution in [2.45, 2.75) is 6.10 Å². The van der Waals surface area contributed by atoms with Crippen LogP contribution in [-0.2, 0) is 9.53 Å². The monoisotopic (exact) mass is 283 g/mol. The maximum absolute atomic E-state index is 13.8. The zero-order chi connectivity index (χ0) is 14.7. The molecule has 0 aliphatic carbocycles. The van der Waals surface area contributed by atoms with Gasteiger partial charge in [0.05, 0.1) is 24.5 Å². The Kier molecular flexibility index (Phi) is 4.04. The molecule has 2 rings (SSSR count). The molecule has 0 radical (unpaired) electrons. The van der Waals surface area contributed by atoms with E-state index in [-0.39, 0.29) is 31.1 Å². The molecule has 108 valence electrons. The van der Waals surface area contributed by atoms with Crippen LogP contribution in [0.25, 0.3) is 0 Å². The molecule has 1 aliphatic heterocycles. The molecular weight excluding hydrogens is 269 g/mol. The van der Waals surface area contributed by atoms with Gasteiger partial charge in [0.15, 0.2) is 6.10 Å². The van der Waals surface area contributed by atoms with Crippen LogP contribution in [0, 0.1) is 5.82 Å². The van der Waals surface area contributed by atoms with E-state index in [4.69, 9.17) is 15.6 Å². The summed E-state index contributed by atoms with van der Waals surface area (Å²) in [6, 6.07) is 4.09. The highest BCUT2D eigenvalue weighted by atomic mass is 19.1. The summed E-state index contributed by atoms with van der Waals surface area (Å²) in [5.41, 5.74) is 5.54. The summed E-state index contributed by atoms with van der Waals surface area (Å²) in [5.74, 6) is -1.33. The van der Waals surface area contributed by atoms with Crippen LogP contribution in [0.1, 0.15) is 0 Å². The number of rotatable bonds is 5. The number of hydrogen-bond donors (Lipinski definition) is 3.